The van der Waals surface area contributed by atoms with Gasteiger partial charge in [0.25, 0.3) is 11.2 Å². The zero-order valence-electron chi connectivity index (χ0n) is 21.6. The summed E-state index contributed by atoms with van der Waals surface area (Å²) < 4.78 is 24.0. The minimum absolute atomic E-state index is 0.0772. The lowest BCUT2D eigenvalue weighted by atomic mass is 9.95. The Balaban J connectivity index is 1.47. The standard InChI is InChI=1S/C28H20ClN3O8S/c1-3-37-27(34)24-14(2)30-28-31(25(24)15-4-8-21-22(10-15)39-13-38-21)26(33)23(41-28)12-17-6-9-20(40-17)18-11-16(32(35)36)5-7-19(18)29/h4-12,25H,3,13H2,1-2H3. The molecule has 208 valence electrons. The first-order valence-corrected chi connectivity index (χ1v) is 13.6. The van der Waals surface area contributed by atoms with Crippen molar-refractivity contribution in [2.24, 2.45) is 4.99 Å². The summed E-state index contributed by atoms with van der Waals surface area (Å²) in [5, 5.41) is 11.5. The number of aromatic nitrogens is 1. The quantitative estimate of drug-likeness (QED) is 0.183. The van der Waals surface area contributed by atoms with Crippen LogP contribution in [0.2, 0.25) is 5.02 Å². The van der Waals surface area contributed by atoms with Crippen molar-refractivity contribution >= 4 is 40.7 Å². The Morgan fingerprint density at radius 2 is 2.02 bits per heavy atom. The van der Waals surface area contributed by atoms with Crippen molar-refractivity contribution in [3.8, 4) is 22.8 Å². The van der Waals surface area contributed by atoms with Crippen LogP contribution in [0.4, 0.5) is 5.69 Å². The van der Waals surface area contributed by atoms with Crippen molar-refractivity contribution < 1.29 is 28.3 Å². The zero-order chi connectivity index (χ0) is 28.8. The number of allylic oxidation sites excluding steroid dienone is 1. The molecule has 2 aliphatic heterocycles. The number of fused-ring (bicyclic) bond motifs is 2. The number of halogens is 1. The first-order valence-electron chi connectivity index (χ1n) is 12.4. The van der Waals surface area contributed by atoms with Crippen molar-refractivity contribution in [3.63, 3.8) is 0 Å². The molecule has 6 rings (SSSR count). The summed E-state index contributed by atoms with van der Waals surface area (Å²) in [4.78, 5) is 42.6. The van der Waals surface area contributed by atoms with E-state index in [-0.39, 0.29) is 29.7 Å². The number of hydrogen-bond acceptors (Lipinski definition) is 10. The smallest absolute Gasteiger partial charge is 0.338 e. The number of non-ortho nitro benzene ring substituents is 1. The SMILES string of the molecule is CCOC(=O)C1=C(C)N=c2sc(=Cc3ccc(-c4cc([N+](=O)[O-])ccc4Cl)o3)c(=O)n2C1c1ccc2c(c1)OCO2. The fourth-order valence-corrected chi connectivity index (χ4v) is 5.95. The summed E-state index contributed by atoms with van der Waals surface area (Å²) in [6, 6.07) is 11.7. The molecule has 1 atom stereocenters. The molecule has 0 aliphatic carbocycles. The van der Waals surface area contributed by atoms with E-state index in [1.54, 1.807) is 50.3 Å². The van der Waals surface area contributed by atoms with Gasteiger partial charge in [0.2, 0.25) is 6.79 Å². The largest absolute Gasteiger partial charge is 0.463 e. The summed E-state index contributed by atoms with van der Waals surface area (Å²) in [6.45, 7) is 3.64. The van der Waals surface area contributed by atoms with Gasteiger partial charge in [-0.25, -0.2) is 9.79 Å². The number of nitro benzene ring substituents is 1. The van der Waals surface area contributed by atoms with E-state index in [2.05, 4.69) is 4.99 Å². The Morgan fingerprint density at radius 1 is 1.22 bits per heavy atom. The highest BCUT2D eigenvalue weighted by Crippen LogP contribution is 2.38. The third-order valence-electron chi connectivity index (χ3n) is 6.56. The highest BCUT2D eigenvalue weighted by atomic mass is 35.5. The molecule has 11 nitrogen and oxygen atoms in total. The molecular weight excluding hydrogens is 574 g/mol. The first kappa shape index (κ1) is 26.5. The normalized spacial score (nSPS) is 16.0. The predicted octanol–water partition coefficient (Wildman–Crippen LogP) is 4.35. The first-order chi connectivity index (χ1) is 19.7. The molecule has 0 saturated heterocycles. The lowest BCUT2D eigenvalue weighted by Gasteiger charge is -2.24. The van der Waals surface area contributed by atoms with E-state index in [0.29, 0.717) is 49.2 Å². The Bertz CT molecular complexity index is 1950. The minimum atomic E-state index is -0.821. The number of benzene rings is 2. The van der Waals surface area contributed by atoms with Gasteiger partial charge in [-0.2, -0.15) is 0 Å². The van der Waals surface area contributed by atoms with Gasteiger partial charge < -0.3 is 18.6 Å². The number of carbonyl (C=O) groups excluding carboxylic acids is 1. The van der Waals surface area contributed by atoms with Gasteiger partial charge in [0, 0.05) is 23.8 Å². The van der Waals surface area contributed by atoms with E-state index >= 15 is 0 Å². The molecule has 4 heterocycles. The molecule has 0 amide bonds. The van der Waals surface area contributed by atoms with E-state index in [4.69, 9.17) is 30.2 Å². The van der Waals surface area contributed by atoms with E-state index in [9.17, 15) is 19.7 Å². The number of furan rings is 1. The van der Waals surface area contributed by atoms with Crippen LogP contribution < -0.4 is 24.4 Å². The Morgan fingerprint density at radius 3 is 2.80 bits per heavy atom. The number of hydrogen-bond donors (Lipinski definition) is 0. The summed E-state index contributed by atoms with van der Waals surface area (Å²) in [7, 11) is 0. The molecular formula is C28H20ClN3O8S. The fraction of sp³-hybridized carbons (Fsp3) is 0.179. The van der Waals surface area contributed by atoms with Gasteiger partial charge in [0.1, 0.15) is 11.5 Å². The third-order valence-corrected chi connectivity index (χ3v) is 7.87. The molecule has 0 spiro atoms. The van der Waals surface area contributed by atoms with Crippen molar-refractivity contribution in [2.75, 3.05) is 13.4 Å². The fourth-order valence-electron chi connectivity index (χ4n) is 4.71. The van der Waals surface area contributed by atoms with Crippen LogP contribution in [-0.2, 0) is 9.53 Å². The van der Waals surface area contributed by atoms with E-state index < -0.39 is 22.5 Å². The van der Waals surface area contributed by atoms with Gasteiger partial charge in [0.15, 0.2) is 16.3 Å². The number of nitrogens with zero attached hydrogens (tertiary/aromatic N) is 3. The minimum Gasteiger partial charge on any atom is -0.463 e. The lowest BCUT2D eigenvalue weighted by Crippen LogP contribution is -2.39. The van der Waals surface area contributed by atoms with Gasteiger partial charge in [-0.15, -0.1) is 0 Å². The van der Waals surface area contributed by atoms with Crippen LogP contribution in [0, 0.1) is 10.1 Å². The molecule has 2 aromatic carbocycles. The molecule has 0 bridgehead atoms. The van der Waals surface area contributed by atoms with Crippen LogP contribution in [0.25, 0.3) is 17.4 Å². The molecule has 2 aromatic heterocycles. The molecule has 0 N–H and O–H groups in total. The maximum atomic E-state index is 13.8. The molecule has 2 aliphatic rings. The molecule has 0 saturated carbocycles. The van der Waals surface area contributed by atoms with Crippen LogP contribution in [0.5, 0.6) is 11.5 Å². The Hall–Kier alpha value is -4.68. The van der Waals surface area contributed by atoms with Crippen LogP contribution in [0.3, 0.4) is 0 Å². The summed E-state index contributed by atoms with van der Waals surface area (Å²) in [6.07, 6.45) is 1.55. The Labute approximate surface area is 240 Å². The molecule has 0 radical (unpaired) electrons. The molecule has 13 heteroatoms. The molecule has 4 aromatic rings. The van der Waals surface area contributed by atoms with Crippen LogP contribution in [0.1, 0.15) is 31.2 Å². The average molecular weight is 594 g/mol. The van der Waals surface area contributed by atoms with Gasteiger partial charge >= 0.3 is 5.97 Å². The molecule has 1 unspecified atom stereocenters. The second kappa shape index (κ2) is 10.4. The van der Waals surface area contributed by atoms with Gasteiger partial charge in [-0.05, 0) is 49.7 Å². The predicted molar refractivity (Wildman–Crippen MR) is 149 cm³/mol. The van der Waals surface area contributed by atoms with E-state index in [1.165, 1.54) is 22.8 Å². The van der Waals surface area contributed by atoms with Gasteiger partial charge in [0.05, 0.1) is 38.4 Å². The lowest BCUT2D eigenvalue weighted by molar-refractivity contribution is -0.384. The molecule has 0 fully saturated rings. The topological polar surface area (TPSA) is 135 Å². The number of thiazole rings is 1. The average Bonchev–Trinajstić information content (AvgIpc) is 3.67. The van der Waals surface area contributed by atoms with E-state index in [1.807, 2.05) is 0 Å². The summed E-state index contributed by atoms with van der Waals surface area (Å²) in [5.41, 5.74) is 1.12. The van der Waals surface area contributed by atoms with Gasteiger partial charge in [-0.3, -0.25) is 19.5 Å². The number of ether oxygens (including phenoxy) is 3. The summed E-state index contributed by atoms with van der Waals surface area (Å²) in [5.74, 6) is 1.13. The third kappa shape index (κ3) is 4.70. The zero-order valence-corrected chi connectivity index (χ0v) is 23.2. The second-order valence-corrected chi connectivity index (χ2v) is 10.5. The van der Waals surface area contributed by atoms with Crippen molar-refractivity contribution in [3.05, 3.63) is 106 Å². The maximum absolute atomic E-state index is 13.8. The number of esters is 1. The van der Waals surface area contributed by atoms with Crippen molar-refractivity contribution in [1.29, 1.82) is 0 Å². The van der Waals surface area contributed by atoms with E-state index in [0.717, 1.165) is 11.3 Å². The maximum Gasteiger partial charge on any atom is 0.338 e. The number of rotatable bonds is 6. The second-order valence-electron chi connectivity index (χ2n) is 9.04. The number of carbonyl (C=O) groups is 1. The Kier molecular flexibility index (Phi) is 6.72. The van der Waals surface area contributed by atoms with Crippen molar-refractivity contribution in [2.45, 2.75) is 19.9 Å². The monoisotopic (exact) mass is 593 g/mol. The molecule has 41 heavy (non-hydrogen) atoms. The van der Waals surface area contributed by atoms with Gasteiger partial charge in [-0.1, -0.05) is 29.0 Å². The van der Waals surface area contributed by atoms with Crippen molar-refractivity contribution in [1.82, 2.24) is 4.57 Å². The summed E-state index contributed by atoms with van der Waals surface area (Å²) >= 11 is 7.40. The van der Waals surface area contributed by atoms with Crippen LogP contribution in [0.15, 0.2) is 74.0 Å². The van der Waals surface area contributed by atoms with Crippen LogP contribution in [-0.4, -0.2) is 28.9 Å². The number of nitro groups is 1. The highest BCUT2D eigenvalue weighted by molar-refractivity contribution is 7.07. The van der Waals surface area contributed by atoms with Crippen LogP contribution >= 0.6 is 22.9 Å². The highest BCUT2D eigenvalue weighted by Gasteiger charge is 2.34.